The summed E-state index contributed by atoms with van der Waals surface area (Å²) in [6, 6.07) is 6.22. The van der Waals surface area contributed by atoms with E-state index in [0.717, 1.165) is 19.4 Å². The molecule has 0 spiro atoms. The smallest absolute Gasteiger partial charge is 0.317 e. The Labute approximate surface area is 147 Å². The van der Waals surface area contributed by atoms with Crippen LogP contribution in [0.5, 0.6) is 5.75 Å². The van der Waals surface area contributed by atoms with Gasteiger partial charge in [-0.15, -0.1) is 0 Å². The lowest BCUT2D eigenvalue weighted by Crippen LogP contribution is -2.55. The summed E-state index contributed by atoms with van der Waals surface area (Å²) in [6.07, 6.45) is 2.12. The molecule has 25 heavy (non-hydrogen) atoms. The van der Waals surface area contributed by atoms with Gasteiger partial charge in [0.15, 0.2) is 0 Å². The maximum atomic E-state index is 12.5. The number of aromatic hydroxyl groups is 1. The monoisotopic (exact) mass is 347 g/mol. The zero-order valence-electron chi connectivity index (χ0n) is 14.5. The van der Waals surface area contributed by atoms with Crippen molar-refractivity contribution in [3.63, 3.8) is 0 Å². The van der Waals surface area contributed by atoms with Crippen molar-refractivity contribution in [1.29, 1.82) is 0 Å². The highest BCUT2D eigenvalue weighted by Gasteiger charge is 2.28. The third-order valence-electron chi connectivity index (χ3n) is 4.82. The summed E-state index contributed by atoms with van der Waals surface area (Å²) in [5, 5.41) is 12.5. The molecule has 0 saturated carbocycles. The van der Waals surface area contributed by atoms with E-state index in [1.54, 1.807) is 21.9 Å². The van der Waals surface area contributed by atoms with Gasteiger partial charge in [-0.3, -0.25) is 4.79 Å². The lowest BCUT2D eigenvalue weighted by atomic mass is 10.1. The van der Waals surface area contributed by atoms with Crippen LogP contribution in [-0.2, 0) is 4.74 Å². The molecule has 2 N–H and O–H groups in total. The fourth-order valence-electron chi connectivity index (χ4n) is 3.31. The third kappa shape index (κ3) is 4.22. The minimum Gasteiger partial charge on any atom is -0.508 e. The van der Waals surface area contributed by atoms with Gasteiger partial charge in [-0.05, 0) is 38.0 Å². The Kier molecular flexibility index (Phi) is 5.43. The Balaban J connectivity index is 1.49. The Morgan fingerprint density at radius 3 is 2.60 bits per heavy atom. The number of hydrogen-bond donors (Lipinski definition) is 2. The standard InChI is InChI=1S/C18H25N3O4/c1-13(16-6-3-11-25-16)19-18(24)21-9-7-20(8-10-21)17(23)14-4-2-5-15(22)12-14/h2,4-5,12-13,16,22H,3,6-11H2,1H3,(H,19,24)/t13-,16-/m0/s1. The SMILES string of the molecule is C[C@H](NC(=O)N1CCN(C(=O)c2cccc(O)c2)CC1)[C@@H]1CCCO1. The van der Waals surface area contributed by atoms with E-state index < -0.39 is 0 Å². The van der Waals surface area contributed by atoms with Gasteiger partial charge in [-0.25, -0.2) is 4.79 Å². The second kappa shape index (κ2) is 7.74. The van der Waals surface area contributed by atoms with Gasteiger partial charge in [0.25, 0.3) is 5.91 Å². The molecular weight excluding hydrogens is 322 g/mol. The Morgan fingerprint density at radius 2 is 1.96 bits per heavy atom. The predicted molar refractivity (Wildman–Crippen MR) is 92.6 cm³/mol. The molecule has 2 heterocycles. The van der Waals surface area contributed by atoms with Crippen LogP contribution >= 0.6 is 0 Å². The van der Waals surface area contributed by atoms with Crippen molar-refractivity contribution >= 4 is 11.9 Å². The zero-order chi connectivity index (χ0) is 17.8. The minimum atomic E-state index is -0.122. The molecule has 1 aromatic rings. The number of rotatable bonds is 3. The molecule has 1 aromatic carbocycles. The summed E-state index contributed by atoms with van der Waals surface area (Å²) in [4.78, 5) is 28.3. The van der Waals surface area contributed by atoms with Crippen LogP contribution < -0.4 is 5.32 Å². The van der Waals surface area contributed by atoms with Gasteiger partial charge < -0.3 is 25.0 Å². The number of nitrogens with one attached hydrogen (secondary N) is 1. The number of piperazine rings is 1. The second-order valence-corrected chi connectivity index (χ2v) is 6.62. The molecule has 2 aliphatic heterocycles. The minimum absolute atomic E-state index is 0.0121. The molecular formula is C18H25N3O4. The first-order valence-corrected chi connectivity index (χ1v) is 8.80. The average molecular weight is 347 g/mol. The van der Waals surface area contributed by atoms with Crippen LogP contribution in [0.4, 0.5) is 4.79 Å². The van der Waals surface area contributed by atoms with Crippen LogP contribution in [0.1, 0.15) is 30.1 Å². The molecule has 7 nitrogen and oxygen atoms in total. The number of carbonyl (C=O) groups is 2. The van der Waals surface area contributed by atoms with Crippen molar-refractivity contribution in [2.45, 2.75) is 31.9 Å². The lowest BCUT2D eigenvalue weighted by Gasteiger charge is -2.35. The zero-order valence-corrected chi connectivity index (χ0v) is 14.5. The largest absolute Gasteiger partial charge is 0.508 e. The number of amides is 3. The summed E-state index contributed by atoms with van der Waals surface area (Å²) in [5.41, 5.74) is 0.463. The second-order valence-electron chi connectivity index (χ2n) is 6.62. The van der Waals surface area contributed by atoms with Crippen LogP contribution in [0.3, 0.4) is 0 Å². The number of ether oxygens (including phenoxy) is 1. The van der Waals surface area contributed by atoms with Crippen molar-refractivity contribution < 1.29 is 19.4 Å². The molecule has 2 atom stereocenters. The van der Waals surface area contributed by atoms with E-state index in [9.17, 15) is 14.7 Å². The van der Waals surface area contributed by atoms with E-state index in [-0.39, 0.29) is 29.8 Å². The normalized spacial score (nSPS) is 21.9. The maximum absolute atomic E-state index is 12.5. The summed E-state index contributed by atoms with van der Waals surface area (Å²) in [6.45, 7) is 4.69. The third-order valence-corrected chi connectivity index (χ3v) is 4.82. The number of hydrogen-bond acceptors (Lipinski definition) is 4. The van der Waals surface area contributed by atoms with Gasteiger partial charge in [0.1, 0.15) is 5.75 Å². The van der Waals surface area contributed by atoms with Crippen LogP contribution in [0.2, 0.25) is 0 Å². The van der Waals surface area contributed by atoms with E-state index in [2.05, 4.69) is 5.32 Å². The van der Waals surface area contributed by atoms with Crippen LogP contribution in [0.15, 0.2) is 24.3 Å². The summed E-state index contributed by atoms with van der Waals surface area (Å²) in [5.74, 6) is -0.0457. The van der Waals surface area contributed by atoms with Crippen LogP contribution in [0, 0.1) is 0 Å². The summed E-state index contributed by atoms with van der Waals surface area (Å²) >= 11 is 0. The summed E-state index contributed by atoms with van der Waals surface area (Å²) < 4.78 is 5.60. The fraction of sp³-hybridized carbons (Fsp3) is 0.556. The van der Waals surface area contributed by atoms with E-state index in [4.69, 9.17) is 4.74 Å². The first-order valence-electron chi connectivity index (χ1n) is 8.80. The highest BCUT2D eigenvalue weighted by atomic mass is 16.5. The lowest BCUT2D eigenvalue weighted by molar-refractivity contribution is 0.0642. The van der Waals surface area contributed by atoms with E-state index >= 15 is 0 Å². The van der Waals surface area contributed by atoms with Crippen LogP contribution in [-0.4, -0.2) is 71.8 Å². The molecule has 0 bridgehead atoms. The molecule has 0 unspecified atom stereocenters. The average Bonchev–Trinajstić information content (AvgIpc) is 3.16. The molecule has 3 amide bonds. The molecule has 0 aliphatic carbocycles. The number of nitrogens with zero attached hydrogens (tertiary/aromatic N) is 2. The number of benzene rings is 1. The van der Waals surface area contributed by atoms with E-state index in [0.29, 0.717) is 31.7 Å². The van der Waals surface area contributed by atoms with Crippen molar-refractivity contribution in [1.82, 2.24) is 15.1 Å². The highest BCUT2D eigenvalue weighted by molar-refractivity contribution is 5.94. The predicted octanol–water partition coefficient (Wildman–Crippen LogP) is 1.43. The van der Waals surface area contributed by atoms with Gasteiger partial charge in [0, 0.05) is 38.3 Å². The first kappa shape index (κ1) is 17.5. The van der Waals surface area contributed by atoms with Crippen molar-refractivity contribution in [2.24, 2.45) is 0 Å². The molecule has 2 aliphatic rings. The van der Waals surface area contributed by atoms with Crippen molar-refractivity contribution in [3.05, 3.63) is 29.8 Å². The van der Waals surface area contributed by atoms with Crippen LogP contribution in [0.25, 0.3) is 0 Å². The fourth-order valence-corrected chi connectivity index (χ4v) is 3.31. The van der Waals surface area contributed by atoms with E-state index in [1.165, 1.54) is 12.1 Å². The molecule has 3 rings (SSSR count). The van der Waals surface area contributed by atoms with Gasteiger partial charge >= 0.3 is 6.03 Å². The van der Waals surface area contributed by atoms with Gasteiger partial charge in [0.05, 0.1) is 12.1 Å². The number of phenolic OH excluding ortho intramolecular Hbond substituents is 1. The topological polar surface area (TPSA) is 82.1 Å². The van der Waals surface area contributed by atoms with Crippen molar-refractivity contribution in [2.75, 3.05) is 32.8 Å². The van der Waals surface area contributed by atoms with E-state index in [1.807, 2.05) is 6.92 Å². The Bertz CT molecular complexity index is 623. The first-order chi connectivity index (χ1) is 12.0. The van der Waals surface area contributed by atoms with Crippen molar-refractivity contribution in [3.8, 4) is 5.75 Å². The van der Waals surface area contributed by atoms with Gasteiger partial charge in [-0.1, -0.05) is 6.07 Å². The Hall–Kier alpha value is -2.28. The summed E-state index contributed by atoms with van der Waals surface area (Å²) in [7, 11) is 0. The molecule has 7 heteroatoms. The number of phenols is 1. The molecule has 136 valence electrons. The highest BCUT2D eigenvalue weighted by Crippen LogP contribution is 2.17. The van der Waals surface area contributed by atoms with Gasteiger partial charge in [0.2, 0.25) is 0 Å². The molecule has 2 saturated heterocycles. The molecule has 0 aromatic heterocycles. The quantitative estimate of drug-likeness (QED) is 0.867. The number of urea groups is 1. The molecule has 2 fully saturated rings. The Morgan fingerprint density at radius 1 is 1.24 bits per heavy atom. The van der Waals surface area contributed by atoms with Gasteiger partial charge in [-0.2, -0.15) is 0 Å². The number of carbonyl (C=O) groups excluding carboxylic acids is 2. The maximum Gasteiger partial charge on any atom is 0.317 e. The molecule has 0 radical (unpaired) electrons.